The molecule has 0 amide bonds. The summed E-state index contributed by atoms with van der Waals surface area (Å²) in [6.07, 6.45) is 7.10. The number of rotatable bonds is 1. The second-order valence-electron chi connectivity index (χ2n) is 7.26. The SMILES string of the molecule is Cc1ccccc1N1C(C)c2sc3cccnc3c2C12CCCC2. The van der Waals surface area contributed by atoms with E-state index in [-0.39, 0.29) is 5.54 Å². The van der Waals surface area contributed by atoms with E-state index in [1.807, 2.05) is 17.5 Å². The minimum Gasteiger partial charge on any atom is -0.354 e. The van der Waals surface area contributed by atoms with Gasteiger partial charge >= 0.3 is 0 Å². The summed E-state index contributed by atoms with van der Waals surface area (Å²) in [4.78, 5) is 9.06. The Balaban J connectivity index is 1.80. The molecule has 1 aliphatic heterocycles. The molecule has 2 nitrogen and oxygen atoms in total. The van der Waals surface area contributed by atoms with E-state index >= 15 is 0 Å². The molecular formula is C21H22N2S. The molecule has 1 spiro atoms. The van der Waals surface area contributed by atoms with Crippen molar-refractivity contribution in [2.24, 2.45) is 0 Å². The summed E-state index contributed by atoms with van der Waals surface area (Å²) < 4.78 is 1.35. The summed E-state index contributed by atoms with van der Waals surface area (Å²) in [5, 5.41) is 0. The summed E-state index contributed by atoms with van der Waals surface area (Å²) in [5.41, 5.74) is 5.72. The molecule has 1 fully saturated rings. The van der Waals surface area contributed by atoms with E-state index < -0.39 is 0 Å². The maximum atomic E-state index is 4.80. The summed E-state index contributed by atoms with van der Waals surface area (Å²) in [5.74, 6) is 0. The molecule has 0 saturated heterocycles. The van der Waals surface area contributed by atoms with Crippen LogP contribution in [0.5, 0.6) is 0 Å². The Morgan fingerprint density at radius 2 is 1.92 bits per heavy atom. The van der Waals surface area contributed by atoms with Gasteiger partial charge in [-0.3, -0.25) is 4.98 Å². The molecule has 24 heavy (non-hydrogen) atoms. The summed E-state index contributed by atoms with van der Waals surface area (Å²) in [6, 6.07) is 13.6. The number of benzene rings is 1. The molecule has 1 aromatic carbocycles. The van der Waals surface area contributed by atoms with Crippen LogP contribution in [0.2, 0.25) is 0 Å². The van der Waals surface area contributed by atoms with Gasteiger partial charge in [0.2, 0.25) is 0 Å². The molecule has 1 atom stereocenters. The van der Waals surface area contributed by atoms with Gasteiger partial charge in [0.25, 0.3) is 0 Å². The first-order valence-electron chi connectivity index (χ1n) is 8.95. The van der Waals surface area contributed by atoms with Crippen molar-refractivity contribution < 1.29 is 0 Å². The molecule has 1 aliphatic carbocycles. The number of thiophene rings is 1. The fourth-order valence-corrected chi connectivity index (χ4v) is 6.32. The van der Waals surface area contributed by atoms with Crippen molar-refractivity contribution in [1.82, 2.24) is 4.98 Å². The third-order valence-electron chi connectivity index (χ3n) is 5.97. The third kappa shape index (κ3) is 1.74. The molecule has 1 saturated carbocycles. The maximum Gasteiger partial charge on any atom is 0.0869 e. The number of aryl methyl sites for hydroxylation is 1. The van der Waals surface area contributed by atoms with E-state index in [2.05, 4.69) is 55.1 Å². The Morgan fingerprint density at radius 1 is 1.12 bits per heavy atom. The highest BCUT2D eigenvalue weighted by molar-refractivity contribution is 7.19. The number of nitrogens with zero attached hydrogens (tertiary/aromatic N) is 2. The van der Waals surface area contributed by atoms with Crippen molar-refractivity contribution in [3.05, 3.63) is 58.6 Å². The quantitative estimate of drug-likeness (QED) is 0.546. The van der Waals surface area contributed by atoms with E-state index in [1.54, 1.807) is 0 Å². The largest absolute Gasteiger partial charge is 0.354 e. The first kappa shape index (κ1) is 14.5. The van der Waals surface area contributed by atoms with Crippen LogP contribution in [0.1, 0.15) is 54.7 Å². The van der Waals surface area contributed by atoms with Gasteiger partial charge in [0.1, 0.15) is 0 Å². The molecule has 2 aromatic heterocycles. The first-order valence-corrected chi connectivity index (χ1v) is 9.77. The maximum absolute atomic E-state index is 4.80. The highest BCUT2D eigenvalue weighted by Gasteiger charge is 2.52. The molecule has 0 N–H and O–H groups in total. The number of anilines is 1. The molecular weight excluding hydrogens is 312 g/mol. The third-order valence-corrected chi connectivity index (χ3v) is 7.29. The van der Waals surface area contributed by atoms with Crippen LogP contribution in [-0.4, -0.2) is 4.98 Å². The minimum absolute atomic E-state index is 0.146. The second kappa shape index (κ2) is 5.06. The van der Waals surface area contributed by atoms with E-state index in [9.17, 15) is 0 Å². The number of para-hydroxylation sites is 1. The molecule has 0 radical (unpaired) electrons. The monoisotopic (exact) mass is 334 g/mol. The van der Waals surface area contributed by atoms with Crippen LogP contribution in [0.3, 0.4) is 0 Å². The minimum atomic E-state index is 0.146. The zero-order valence-electron chi connectivity index (χ0n) is 14.2. The van der Waals surface area contributed by atoms with Gasteiger partial charge in [-0.1, -0.05) is 31.0 Å². The van der Waals surface area contributed by atoms with Gasteiger partial charge in [0.05, 0.1) is 21.8 Å². The van der Waals surface area contributed by atoms with Gasteiger partial charge in [-0.25, -0.2) is 0 Å². The average Bonchev–Trinajstić information content (AvgIpc) is 3.26. The van der Waals surface area contributed by atoms with Crippen molar-refractivity contribution in [2.75, 3.05) is 4.90 Å². The molecule has 3 heteroatoms. The van der Waals surface area contributed by atoms with E-state index in [0.29, 0.717) is 6.04 Å². The zero-order valence-corrected chi connectivity index (χ0v) is 15.1. The molecule has 2 aliphatic rings. The predicted octanol–water partition coefficient (Wildman–Crippen LogP) is 5.96. The van der Waals surface area contributed by atoms with Crippen LogP contribution < -0.4 is 4.90 Å². The van der Waals surface area contributed by atoms with E-state index in [0.717, 1.165) is 0 Å². The average molecular weight is 334 g/mol. The highest BCUT2D eigenvalue weighted by atomic mass is 32.1. The van der Waals surface area contributed by atoms with Gasteiger partial charge in [0, 0.05) is 22.3 Å². The van der Waals surface area contributed by atoms with Crippen LogP contribution in [0.15, 0.2) is 42.6 Å². The van der Waals surface area contributed by atoms with Gasteiger partial charge in [-0.15, -0.1) is 11.3 Å². The molecule has 122 valence electrons. The number of fused-ring (bicyclic) bond motifs is 4. The fourth-order valence-electron chi connectivity index (χ4n) is 5.02. The number of aromatic nitrogens is 1. The van der Waals surface area contributed by atoms with Crippen LogP contribution in [0.4, 0.5) is 5.69 Å². The Hall–Kier alpha value is -1.87. The standard InChI is InChI=1S/C21H22N2S/c1-14-8-3-4-9-16(14)23-15(2)20-18(21(23)11-5-6-12-21)19-17(24-20)10-7-13-22-19/h3-4,7-10,13,15H,5-6,11-12H2,1-2H3. The van der Waals surface area contributed by atoms with Crippen molar-refractivity contribution in [3.63, 3.8) is 0 Å². The Bertz CT molecular complexity index is 920. The number of hydrogen-bond donors (Lipinski definition) is 0. The topological polar surface area (TPSA) is 16.1 Å². The Labute approximate surface area is 147 Å². The van der Waals surface area contributed by atoms with Crippen molar-refractivity contribution in [3.8, 4) is 0 Å². The van der Waals surface area contributed by atoms with Crippen molar-refractivity contribution in [1.29, 1.82) is 0 Å². The first-order chi connectivity index (χ1) is 11.7. The molecule has 1 unspecified atom stereocenters. The van der Waals surface area contributed by atoms with E-state index in [4.69, 9.17) is 4.98 Å². The lowest BCUT2D eigenvalue weighted by molar-refractivity contribution is 0.418. The fraction of sp³-hybridized carbons (Fsp3) is 0.381. The lowest BCUT2D eigenvalue weighted by Crippen LogP contribution is -2.40. The van der Waals surface area contributed by atoms with Crippen LogP contribution in [0, 0.1) is 6.92 Å². The normalized spacial score (nSPS) is 21.8. The Morgan fingerprint density at radius 3 is 2.71 bits per heavy atom. The lowest BCUT2D eigenvalue weighted by Gasteiger charge is -2.41. The lowest BCUT2D eigenvalue weighted by atomic mass is 9.88. The van der Waals surface area contributed by atoms with Crippen LogP contribution in [-0.2, 0) is 5.54 Å². The van der Waals surface area contributed by atoms with Crippen molar-refractivity contribution >= 4 is 27.2 Å². The predicted molar refractivity (Wildman–Crippen MR) is 102 cm³/mol. The molecule has 0 bridgehead atoms. The number of hydrogen-bond acceptors (Lipinski definition) is 3. The summed E-state index contributed by atoms with van der Waals surface area (Å²) in [7, 11) is 0. The van der Waals surface area contributed by atoms with Crippen molar-refractivity contribution in [2.45, 2.75) is 51.1 Å². The molecule has 3 heterocycles. The highest BCUT2D eigenvalue weighted by Crippen LogP contribution is 2.60. The smallest absolute Gasteiger partial charge is 0.0869 e. The Kier molecular flexibility index (Phi) is 3.05. The molecule has 3 aromatic rings. The van der Waals surface area contributed by atoms with Gasteiger partial charge < -0.3 is 4.90 Å². The van der Waals surface area contributed by atoms with Gasteiger partial charge in [0.15, 0.2) is 0 Å². The summed E-state index contributed by atoms with van der Waals surface area (Å²) >= 11 is 1.96. The van der Waals surface area contributed by atoms with Gasteiger partial charge in [-0.2, -0.15) is 0 Å². The van der Waals surface area contributed by atoms with Gasteiger partial charge in [-0.05, 0) is 50.5 Å². The summed E-state index contributed by atoms with van der Waals surface area (Å²) in [6.45, 7) is 4.63. The van der Waals surface area contributed by atoms with Crippen LogP contribution in [0.25, 0.3) is 10.2 Å². The van der Waals surface area contributed by atoms with E-state index in [1.165, 1.54) is 57.6 Å². The second-order valence-corrected chi connectivity index (χ2v) is 8.35. The zero-order chi connectivity index (χ0) is 16.3. The van der Waals surface area contributed by atoms with Crippen LogP contribution >= 0.6 is 11.3 Å². The number of pyridine rings is 1. The molecule has 5 rings (SSSR count).